The van der Waals surface area contributed by atoms with E-state index in [0.717, 1.165) is 25.7 Å². The minimum absolute atomic E-state index is 0.0319. The van der Waals surface area contributed by atoms with Crippen LogP contribution >= 0.6 is 0 Å². The Morgan fingerprint density at radius 1 is 1.33 bits per heavy atom. The largest absolute Gasteiger partial charge is 0.464 e. The fraction of sp³-hybridized carbons (Fsp3) is 0.765. The van der Waals surface area contributed by atoms with E-state index in [1.54, 1.807) is 0 Å². The van der Waals surface area contributed by atoms with Crippen molar-refractivity contribution in [1.82, 2.24) is 5.32 Å². The average Bonchev–Trinajstić information content (AvgIpc) is 2.79. The molecule has 2 unspecified atom stereocenters. The molecule has 0 radical (unpaired) electrons. The van der Waals surface area contributed by atoms with Gasteiger partial charge in [0.05, 0.1) is 6.61 Å². The zero-order valence-electron chi connectivity index (χ0n) is 13.4. The molecule has 4 heteroatoms. The van der Waals surface area contributed by atoms with Gasteiger partial charge in [-0.1, -0.05) is 39.2 Å². The number of unbranched alkanes of at least 4 members (excludes halogenated alkanes) is 5. The molecule has 4 nitrogen and oxygen atoms in total. The summed E-state index contributed by atoms with van der Waals surface area (Å²) in [7, 11) is 0. The number of hydrogen-bond donors (Lipinski definition) is 1. The zero-order valence-corrected chi connectivity index (χ0v) is 13.4. The first-order valence-electron chi connectivity index (χ1n) is 8.13. The van der Waals surface area contributed by atoms with Gasteiger partial charge in [-0.15, -0.1) is 6.58 Å². The lowest BCUT2D eigenvalue weighted by molar-refractivity contribution is -0.141. The number of nitrogens with one attached hydrogen (secondary N) is 1. The van der Waals surface area contributed by atoms with Crippen molar-refractivity contribution in [3.63, 3.8) is 0 Å². The van der Waals surface area contributed by atoms with Crippen LogP contribution in [0.3, 0.4) is 0 Å². The van der Waals surface area contributed by atoms with Gasteiger partial charge in [-0.3, -0.25) is 4.79 Å². The number of carbonyl (C=O) groups excluding carboxylic acids is 2. The molecule has 1 fully saturated rings. The van der Waals surface area contributed by atoms with Crippen molar-refractivity contribution in [3.8, 4) is 0 Å². The topological polar surface area (TPSA) is 55.4 Å². The third-order valence-corrected chi connectivity index (χ3v) is 4.09. The highest BCUT2D eigenvalue weighted by Crippen LogP contribution is 2.23. The highest BCUT2D eigenvalue weighted by atomic mass is 16.5. The monoisotopic (exact) mass is 295 g/mol. The van der Waals surface area contributed by atoms with E-state index in [4.69, 9.17) is 4.74 Å². The molecule has 0 aliphatic carbocycles. The quantitative estimate of drug-likeness (QED) is 0.382. The predicted molar refractivity (Wildman–Crippen MR) is 83.7 cm³/mol. The molecule has 21 heavy (non-hydrogen) atoms. The second kappa shape index (κ2) is 9.59. The van der Waals surface area contributed by atoms with E-state index in [-0.39, 0.29) is 17.8 Å². The van der Waals surface area contributed by atoms with Crippen molar-refractivity contribution in [1.29, 1.82) is 0 Å². The Labute approximate surface area is 128 Å². The molecule has 0 saturated carbocycles. The number of allylic oxidation sites excluding steroid dienone is 1. The summed E-state index contributed by atoms with van der Waals surface area (Å²) in [6.07, 6.45) is 8.98. The number of carbonyl (C=O) groups is 2. The molecule has 0 aromatic heterocycles. The van der Waals surface area contributed by atoms with E-state index in [1.807, 2.05) is 6.08 Å². The van der Waals surface area contributed by atoms with Crippen LogP contribution in [0.4, 0.5) is 0 Å². The molecule has 1 aliphatic rings. The Morgan fingerprint density at radius 3 is 2.67 bits per heavy atom. The smallest absolute Gasteiger partial charge is 0.329 e. The molecule has 1 N–H and O–H groups in total. The van der Waals surface area contributed by atoms with Gasteiger partial charge in [0.2, 0.25) is 5.91 Å². The molecule has 1 rings (SSSR count). The summed E-state index contributed by atoms with van der Waals surface area (Å²) in [5.74, 6) is 0.106. The summed E-state index contributed by atoms with van der Waals surface area (Å²) in [5, 5.41) is 2.84. The molecule has 1 amide bonds. The summed E-state index contributed by atoms with van der Waals surface area (Å²) in [4.78, 5) is 23.6. The van der Waals surface area contributed by atoms with Crippen LogP contribution in [-0.2, 0) is 14.3 Å². The number of hydrogen-bond acceptors (Lipinski definition) is 3. The molecule has 0 aromatic carbocycles. The Morgan fingerprint density at radius 2 is 2.00 bits per heavy atom. The van der Waals surface area contributed by atoms with Crippen LogP contribution in [0, 0.1) is 11.8 Å². The Balaban J connectivity index is 2.18. The maximum absolute atomic E-state index is 11.9. The predicted octanol–water partition coefficient (Wildman–Crippen LogP) is 3.22. The van der Waals surface area contributed by atoms with E-state index >= 15 is 0 Å². The highest BCUT2D eigenvalue weighted by Gasteiger charge is 2.39. The van der Waals surface area contributed by atoms with Gasteiger partial charge < -0.3 is 10.1 Å². The van der Waals surface area contributed by atoms with E-state index < -0.39 is 6.04 Å². The van der Waals surface area contributed by atoms with Crippen LogP contribution in [0.2, 0.25) is 0 Å². The fourth-order valence-corrected chi connectivity index (χ4v) is 2.63. The van der Waals surface area contributed by atoms with Crippen LogP contribution in [-0.4, -0.2) is 24.5 Å². The van der Waals surface area contributed by atoms with Crippen molar-refractivity contribution in [2.24, 2.45) is 11.8 Å². The lowest BCUT2D eigenvalue weighted by Crippen LogP contribution is -2.43. The maximum atomic E-state index is 11.9. The Bertz CT molecular complexity index is 352. The van der Waals surface area contributed by atoms with Crippen molar-refractivity contribution in [3.05, 3.63) is 12.7 Å². The Kier molecular flexibility index (Phi) is 8.09. The second-order valence-corrected chi connectivity index (χ2v) is 6.18. The second-order valence-electron chi connectivity index (χ2n) is 6.18. The molecular formula is C17H29NO3. The summed E-state index contributed by atoms with van der Waals surface area (Å²) in [5.41, 5.74) is 0. The molecule has 0 bridgehead atoms. The highest BCUT2D eigenvalue weighted by molar-refractivity contribution is 5.85. The molecule has 0 spiro atoms. The van der Waals surface area contributed by atoms with Gasteiger partial charge in [0, 0.05) is 12.3 Å². The van der Waals surface area contributed by atoms with Crippen molar-refractivity contribution in [2.45, 2.75) is 64.8 Å². The fourth-order valence-electron chi connectivity index (χ4n) is 2.63. The zero-order chi connectivity index (χ0) is 15.7. The lowest BCUT2D eigenvalue weighted by atomic mass is 9.91. The van der Waals surface area contributed by atoms with Crippen molar-refractivity contribution in [2.75, 3.05) is 6.61 Å². The van der Waals surface area contributed by atoms with Crippen molar-refractivity contribution < 1.29 is 14.3 Å². The van der Waals surface area contributed by atoms with Gasteiger partial charge >= 0.3 is 5.97 Å². The molecule has 1 aliphatic heterocycles. The number of ether oxygens (including phenoxy) is 1. The standard InChI is InChI=1S/C17H29NO3/c1-4-5-6-7-8-9-10-11-15(19)18-16-14(13(2)3)12-21-17(16)20/h4,13-14,16H,1,5-12H2,2-3H3,(H,18,19). The third kappa shape index (κ3) is 6.32. The number of esters is 1. The van der Waals surface area contributed by atoms with Gasteiger partial charge in [-0.25, -0.2) is 4.79 Å². The van der Waals surface area contributed by atoms with Gasteiger partial charge in [-0.05, 0) is 25.2 Å². The molecule has 120 valence electrons. The first-order valence-corrected chi connectivity index (χ1v) is 8.13. The van der Waals surface area contributed by atoms with E-state index in [0.29, 0.717) is 18.9 Å². The van der Waals surface area contributed by atoms with Crippen LogP contribution in [0.1, 0.15) is 58.8 Å². The van der Waals surface area contributed by atoms with Crippen molar-refractivity contribution >= 4 is 11.9 Å². The molecule has 0 aromatic rings. The van der Waals surface area contributed by atoms with Crippen LogP contribution in [0.5, 0.6) is 0 Å². The third-order valence-electron chi connectivity index (χ3n) is 4.09. The van der Waals surface area contributed by atoms with Gasteiger partial charge in [0.25, 0.3) is 0 Å². The summed E-state index contributed by atoms with van der Waals surface area (Å²) < 4.78 is 5.06. The van der Waals surface area contributed by atoms with Gasteiger partial charge in [0.15, 0.2) is 0 Å². The van der Waals surface area contributed by atoms with Crippen LogP contribution < -0.4 is 5.32 Å². The van der Waals surface area contributed by atoms with Crippen LogP contribution in [0.15, 0.2) is 12.7 Å². The minimum atomic E-state index is -0.454. The van der Waals surface area contributed by atoms with Crippen LogP contribution in [0.25, 0.3) is 0 Å². The van der Waals surface area contributed by atoms with E-state index in [1.165, 1.54) is 12.8 Å². The number of cyclic esters (lactones) is 1. The molecule has 1 heterocycles. The lowest BCUT2D eigenvalue weighted by Gasteiger charge is -2.19. The van der Waals surface area contributed by atoms with E-state index in [9.17, 15) is 9.59 Å². The average molecular weight is 295 g/mol. The SMILES string of the molecule is C=CCCCCCCCC(=O)NC1C(=O)OCC1C(C)C. The Hall–Kier alpha value is -1.32. The normalized spacial score (nSPS) is 21.4. The number of rotatable bonds is 10. The summed E-state index contributed by atoms with van der Waals surface area (Å²) in [6, 6.07) is -0.454. The first-order chi connectivity index (χ1) is 10.1. The summed E-state index contributed by atoms with van der Waals surface area (Å²) in [6.45, 7) is 8.22. The molecule has 2 atom stereocenters. The van der Waals surface area contributed by atoms with Gasteiger partial charge in [0.1, 0.15) is 6.04 Å². The summed E-state index contributed by atoms with van der Waals surface area (Å²) >= 11 is 0. The first kappa shape index (κ1) is 17.7. The minimum Gasteiger partial charge on any atom is -0.464 e. The molecular weight excluding hydrogens is 266 g/mol. The van der Waals surface area contributed by atoms with Gasteiger partial charge in [-0.2, -0.15) is 0 Å². The van der Waals surface area contributed by atoms with E-state index in [2.05, 4.69) is 25.7 Å². The number of amides is 1. The molecule has 1 saturated heterocycles. The maximum Gasteiger partial charge on any atom is 0.329 e.